The van der Waals surface area contributed by atoms with E-state index in [9.17, 15) is 4.79 Å². The number of rotatable bonds is 3. The Balaban J connectivity index is 2.30. The molecule has 0 unspecified atom stereocenters. The van der Waals surface area contributed by atoms with E-state index in [-0.39, 0.29) is 24.6 Å². The van der Waals surface area contributed by atoms with E-state index >= 15 is 0 Å². The van der Waals surface area contributed by atoms with Gasteiger partial charge in [0, 0.05) is 0 Å². The summed E-state index contributed by atoms with van der Waals surface area (Å²) < 4.78 is 4.78. The Morgan fingerprint density at radius 3 is 2.80 bits per heavy atom. The van der Waals surface area contributed by atoms with E-state index in [0.29, 0.717) is 0 Å². The molecule has 0 radical (unpaired) electrons. The average Bonchev–Trinajstić information content (AvgIpc) is 1.88. The molecule has 1 saturated heterocycles. The van der Waals surface area contributed by atoms with Gasteiger partial charge in [0.2, 0.25) is 0 Å². The van der Waals surface area contributed by atoms with E-state index in [2.05, 4.69) is 0 Å². The van der Waals surface area contributed by atoms with Crippen LogP contribution in [0.4, 0.5) is 0 Å². The summed E-state index contributed by atoms with van der Waals surface area (Å²) >= 11 is 0. The molecule has 1 aliphatic heterocycles. The summed E-state index contributed by atoms with van der Waals surface area (Å²) in [4.78, 5) is 10.6. The summed E-state index contributed by atoms with van der Waals surface area (Å²) in [5.41, 5.74) is 0. The molecular formula is C7H12O3. The molecule has 0 saturated carbocycles. The Bertz CT molecular complexity index is 133. The van der Waals surface area contributed by atoms with Crippen molar-refractivity contribution in [2.75, 3.05) is 6.61 Å². The Kier molecular flexibility index (Phi) is 2.27. The lowest BCUT2D eigenvalue weighted by Gasteiger charge is -2.33. The van der Waals surface area contributed by atoms with Crippen molar-refractivity contribution in [3.05, 3.63) is 0 Å². The molecule has 2 atom stereocenters. The summed E-state index contributed by atoms with van der Waals surface area (Å²) in [5, 5.41) is 8.65. The molecule has 3 heteroatoms. The van der Waals surface area contributed by atoms with Crippen LogP contribution in [-0.4, -0.2) is 23.8 Å². The molecular weight excluding hydrogens is 132 g/mol. The second-order valence-corrected chi connectivity index (χ2v) is 2.55. The van der Waals surface area contributed by atoms with Crippen LogP contribution >= 0.6 is 0 Å². The van der Waals surface area contributed by atoms with Gasteiger partial charge in [0.15, 0.2) is 0 Å². The van der Waals surface area contributed by atoms with Gasteiger partial charge < -0.3 is 9.84 Å². The minimum absolute atomic E-state index is 0.0116. The third-order valence-corrected chi connectivity index (χ3v) is 1.79. The van der Waals surface area contributed by atoms with Crippen LogP contribution in [0.5, 0.6) is 0 Å². The number of cyclic esters (lactones) is 1. The lowest BCUT2D eigenvalue weighted by atomic mass is 9.94. The first-order valence-electron chi connectivity index (χ1n) is 3.61. The zero-order valence-corrected chi connectivity index (χ0v) is 6.04. The van der Waals surface area contributed by atoms with Gasteiger partial charge in [0.1, 0.15) is 12.0 Å². The molecule has 10 heavy (non-hydrogen) atoms. The topological polar surface area (TPSA) is 46.5 Å². The Morgan fingerprint density at radius 2 is 2.40 bits per heavy atom. The first-order valence-corrected chi connectivity index (χ1v) is 3.61. The molecule has 3 nitrogen and oxygen atoms in total. The van der Waals surface area contributed by atoms with Gasteiger partial charge in [-0.05, 0) is 6.42 Å². The molecule has 1 fully saturated rings. The Hall–Kier alpha value is -0.570. The van der Waals surface area contributed by atoms with E-state index in [1.165, 1.54) is 0 Å². The third kappa shape index (κ3) is 1.14. The van der Waals surface area contributed by atoms with Crippen LogP contribution in [0.3, 0.4) is 0 Å². The molecule has 0 aromatic carbocycles. The fourth-order valence-corrected chi connectivity index (χ4v) is 1.13. The summed E-state index contributed by atoms with van der Waals surface area (Å²) in [5.74, 6) is -0.485. The predicted octanol–water partition coefficient (Wildman–Crippen LogP) is 0.320. The van der Waals surface area contributed by atoms with Crippen molar-refractivity contribution in [2.24, 2.45) is 5.92 Å². The zero-order chi connectivity index (χ0) is 7.56. The highest BCUT2D eigenvalue weighted by molar-refractivity contribution is 5.78. The Morgan fingerprint density at radius 1 is 1.70 bits per heavy atom. The molecule has 1 heterocycles. The second-order valence-electron chi connectivity index (χ2n) is 2.55. The molecule has 0 spiro atoms. The number of carbonyl (C=O) groups is 1. The highest BCUT2D eigenvalue weighted by atomic mass is 16.6. The minimum atomic E-state index is -0.249. The van der Waals surface area contributed by atoms with Gasteiger partial charge >= 0.3 is 5.97 Å². The van der Waals surface area contributed by atoms with Crippen molar-refractivity contribution in [1.82, 2.24) is 0 Å². The molecule has 0 aromatic rings. The van der Waals surface area contributed by atoms with Crippen LogP contribution < -0.4 is 0 Å². The van der Waals surface area contributed by atoms with Gasteiger partial charge in [-0.2, -0.15) is 0 Å². The minimum Gasteiger partial charge on any atom is -0.461 e. The Labute approximate surface area is 60.0 Å². The summed E-state index contributed by atoms with van der Waals surface area (Å²) in [6, 6.07) is 0. The van der Waals surface area contributed by atoms with E-state index < -0.39 is 0 Å². The van der Waals surface area contributed by atoms with Gasteiger partial charge in [-0.1, -0.05) is 13.3 Å². The average molecular weight is 144 g/mol. The van der Waals surface area contributed by atoms with Crippen molar-refractivity contribution < 1.29 is 14.6 Å². The highest BCUT2D eigenvalue weighted by Crippen LogP contribution is 2.25. The van der Waals surface area contributed by atoms with Crippen LogP contribution in [0.1, 0.15) is 19.8 Å². The van der Waals surface area contributed by atoms with Gasteiger partial charge in [0.05, 0.1) is 6.61 Å². The van der Waals surface area contributed by atoms with Gasteiger partial charge in [-0.3, -0.25) is 4.79 Å². The van der Waals surface area contributed by atoms with Gasteiger partial charge in [-0.25, -0.2) is 0 Å². The number of hydrogen-bond acceptors (Lipinski definition) is 3. The highest BCUT2D eigenvalue weighted by Gasteiger charge is 2.40. The van der Waals surface area contributed by atoms with E-state index in [1.54, 1.807) is 0 Å². The number of aliphatic hydroxyl groups excluding tert-OH is 1. The predicted molar refractivity (Wildman–Crippen MR) is 35.4 cm³/mol. The summed E-state index contributed by atoms with van der Waals surface area (Å²) in [6.45, 7) is 1.96. The van der Waals surface area contributed by atoms with Crippen LogP contribution in [0.25, 0.3) is 0 Å². The van der Waals surface area contributed by atoms with Crippen molar-refractivity contribution in [2.45, 2.75) is 25.9 Å². The van der Waals surface area contributed by atoms with E-state index in [1.807, 2.05) is 6.92 Å². The van der Waals surface area contributed by atoms with Gasteiger partial charge in [0.25, 0.3) is 0 Å². The third-order valence-electron chi connectivity index (χ3n) is 1.79. The summed E-state index contributed by atoms with van der Waals surface area (Å²) in [7, 11) is 0. The lowest BCUT2D eigenvalue weighted by Crippen LogP contribution is -2.46. The number of aliphatic hydroxyl groups is 1. The SMILES string of the molecule is CCC[C@@H]1OC(=O)[C@H]1CO. The monoisotopic (exact) mass is 144 g/mol. The molecule has 1 rings (SSSR count). The normalized spacial score (nSPS) is 31.2. The van der Waals surface area contributed by atoms with Crippen molar-refractivity contribution in [3.8, 4) is 0 Å². The van der Waals surface area contributed by atoms with Crippen LogP contribution in [-0.2, 0) is 9.53 Å². The molecule has 0 bridgehead atoms. The van der Waals surface area contributed by atoms with Crippen LogP contribution in [0.2, 0.25) is 0 Å². The fourth-order valence-electron chi connectivity index (χ4n) is 1.13. The van der Waals surface area contributed by atoms with E-state index in [0.717, 1.165) is 12.8 Å². The molecule has 0 amide bonds. The van der Waals surface area contributed by atoms with E-state index in [4.69, 9.17) is 9.84 Å². The first-order chi connectivity index (χ1) is 4.79. The van der Waals surface area contributed by atoms with Crippen molar-refractivity contribution >= 4 is 5.97 Å². The molecule has 0 aliphatic carbocycles. The maximum absolute atomic E-state index is 10.6. The number of hydrogen-bond donors (Lipinski definition) is 1. The van der Waals surface area contributed by atoms with Crippen LogP contribution in [0, 0.1) is 5.92 Å². The van der Waals surface area contributed by atoms with Gasteiger partial charge in [-0.15, -0.1) is 0 Å². The smallest absolute Gasteiger partial charge is 0.315 e. The number of ether oxygens (including phenoxy) is 1. The zero-order valence-electron chi connectivity index (χ0n) is 6.04. The number of carbonyl (C=O) groups excluding carboxylic acids is 1. The standard InChI is InChI=1S/C7H12O3/c1-2-3-6-5(4-8)7(9)10-6/h5-6,8H,2-4H2,1H3/t5-,6-/m0/s1. The maximum Gasteiger partial charge on any atom is 0.315 e. The molecule has 1 aliphatic rings. The van der Waals surface area contributed by atoms with Crippen LogP contribution in [0.15, 0.2) is 0 Å². The quantitative estimate of drug-likeness (QED) is 0.580. The molecule has 0 aromatic heterocycles. The fraction of sp³-hybridized carbons (Fsp3) is 0.857. The lowest BCUT2D eigenvalue weighted by molar-refractivity contribution is -0.188. The maximum atomic E-state index is 10.6. The van der Waals surface area contributed by atoms with Crippen molar-refractivity contribution in [1.29, 1.82) is 0 Å². The summed E-state index contributed by atoms with van der Waals surface area (Å²) in [6.07, 6.45) is 1.85. The number of esters is 1. The first kappa shape index (κ1) is 7.54. The molecule has 58 valence electrons. The second kappa shape index (κ2) is 3.01. The van der Waals surface area contributed by atoms with Crippen molar-refractivity contribution in [3.63, 3.8) is 0 Å². The molecule has 1 N–H and O–H groups in total. The largest absolute Gasteiger partial charge is 0.461 e.